The first kappa shape index (κ1) is 20.6. The number of aromatic nitrogens is 3. The van der Waals surface area contributed by atoms with Gasteiger partial charge in [-0.05, 0) is 24.8 Å². The molecule has 0 saturated carbocycles. The molecule has 1 amide bonds. The van der Waals surface area contributed by atoms with Gasteiger partial charge in [-0.2, -0.15) is 0 Å². The van der Waals surface area contributed by atoms with Crippen molar-refractivity contribution in [1.82, 2.24) is 15.0 Å². The second-order valence-corrected chi connectivity index (χ2v) is 6.92. The van der Waals surface area contributed by atoms with Gasteiger partial charge in [0, 0.05) is 33.0 Å². The lowest BCUT2D eigenvalue weighted by Gasteiger charge is -2.34. The van der Waals surface area contributed by atoms with Crippen LogP contribution in [0.15, 0.2) is 30.9 Å². The molecule has 29 heavy (non-hydrogen) atoms. The van der Waals surface area contributed by atoms with Crippen molar-refractivity contribution in [1.29, 1.82) is 5.41 Å². The molecule has 1 unspecified atom stereocenters. The Bertz CT molecular complexity index is 854. The number of carbonyl (C=O) groups is 1. The maximum absolute atomic E-state index is 13.1. The van der Waals surface area contributed by atoms with Crippen molar-refractivity contribution in [2.75, 3.05) is 37.0 Å². The van der Waals surface area contributed by atoms with Crippen LogP contribution in [0.1, 0.15) is 24.6 Å². The number of ether oxygens (including phenoxy) is 1. The molecule has 154 valence electrons. The molecule has 2 aromatic heterocycles. The van der Waals surface area contributed by atoms with Crippen molar-refractivity contribution in [3.05, 3.63) is 42.5 Å². The van der Waals surface area contributed by atoms with Crippen LogP contribution in [0, 0.1) is 17.1 Å². The number of carbonyl (C=O) groups excluding carboxylic acids is 1. The summed E-state index contributed by atoms with van der Waals surface area (Å²) in [7, 11) is 1.71. The molecule has 0 spiro atoms. The van der Waals surface area contributed by atoms with Gasteiger partial charge in [0.1, 0.15) is 11.7 Å². The van der Waals surface area contributed by atoms with Gasteiger partial charge in [-0.3, -0.25) is 15.2 Å². The summed E-state index contributed by atoms with van der Waals surface area (Å²) in [4.78, 5) is 26.7. The fourth-order valence-corrected chi connectivity index (χ4v) is 3.41. The Hall–Kier alpha value is -3.14. The van der Waals surface area contributed by atoms with E-state index in [9.17, 15) is 9.18 Å². The number of anilines is 2. The Morgan fingerprint density at radius 3 is 2.69 bits per heavy atom. The average Bonchev–Trinajstić information content (AvgIpc) is 2.71. The van der Waals surface area contributed by atoms with Gasteiger partial charge in [0.15, 0.2) is 11.7 Å². The second-order valence-electron chi connectivity index (χ2n) is 6.92. The highest BCUT2D eigenvalue weighted by Gasteiger charge is 2.28. The Balaban J connectivity index is 1.76. The molecular formula is C19H24FN7O2. The van der Waals surface area contributed by atoms with E-state index in [1.54, 1.807) is 19.5 Å². The number of nitrogens with two attached hydrogens (primary N) is 1. The highest BCUT2D eigenvalue weighted by atomic mass is 19.1. The molecule has 3 rings (SSSR count). The van der Waals surface area contributed by atoms with Gasteiger partial charge in [0.2, 0.25) is 5.91 Å². The molecule has 3 heterocycles. The maximum Gasteiger partial charge on any atom is 0.242 e. The molecule has 4 N–H and O–H groups in total. The van der Waals surface area contributed by atoms with Crippen LogP contribution >= 0.6 is 0 Å². The zero-order valence-corrected chi connectivity index (χ0v) is 16.1. The van der Waals surface area contributed by atoms with Gasteiger partial charge in [-0.15, -0.1) is 0 Å². The molecule has 1 aliphatic rings. The molecule has 1 atom stereocenters. The molecular weight excluding hydrogens is 377 g/mol. The first-order valence-electron chi connectivity index (χ1n) is 9.29. The van der Waals surface area contributed by atoms with Crippen LogP contribution in [0.4, 0.5) is 15.8 Å². The lowest BCUT2D eigenvalue weighted by molar-refractivity contribution is -0.116. The van der Waals surface area contributed by atoms with Gasteiger partial charge in [0.25, 0.3) is 0 Å². The van der Waals surface area contributed by atoms with Crippen molar-refractivity contribution in [2.24, 2.45) is 11.7 Å². The van der Waals surface area contributed by atoms with Crippen molar-refractivity contribution in [3.8, 4) is 0 Å². The minimum Gasteiger partial charge on any atom is -0.387 e. The number of rotatable bonds is 7. The van der Waals surface area contributed by atoms with Crippen LogP contribution in [0.25, 0.3) is 0 Å². The van der Waals surface area contributed by atoms with E-state index in [1.807, 2.05) is 6.07 Å². The summed E-state index contributed by atoms with van der Waals surface area (Å²) in [5.74, 6) is -2.39. The Kier molecular flexibility index (Phi) is 6.65. The first-order chi connectivity index (χ1) is 14.0. The summed E-state index contributed by atoms with van der Waals surface area (Å²) in [5, 5.41) is 10.5. The van der Waals surface area contributed by atoms with Crippen LogP contribution in [-0.2, 0) is 9.53 Å². The molecule has 1 aliphatic heterocycles. The van der Waals surface area contributed by atoms with E-state index >= 15 is 0 Å². The molecule has 0 bridgehead atoms. The fraction of sp³-hybridized carbons (Fsp3) is 0.421. The number of nitrogens with one attached hydrogen (secondary N) is 2. The standard InChI is InChI=1S/C19H24FN7O2/c1-29-11-12-3-6-27(7-4-12)15-2-5-23-10-14(15)26-19(28)16(17(21)22)18-24-8-13(20)9-25-18/h2,5,8-10,12,16H,3-4,6-7,11H2,1H3,(H3,21,22)(H,26,28). The smallest absolute Gasteiger partial charge is 0.242 e. The largest absolute Gasteiger partial charge is 0.387 e. The van der Waals surface area contributed by atoms with Crippen LogP contribution < -0.4 is 16.0 Å². The number of methoxy groups -OCH3 is 1. The fourth-order valence-electron chi connectivity index (χ4n) is 3.41. The lowest BCUT2D eigenvalue weighted by atomic mass is 9.97. The van der Waals surface area contributed by atoms with E-state index in [1.165, 1.54) is 0 Å². The number of nitrogens with zero attached hydrogens (tertiary/aromatic N) is 4. The van der Waals surface area contributed by atoms with E-state index < -0.39 is 23.5 Å². The number of halogens is 1. The van der Waals surface area contributed by atoms with Crippen molar-refractivity contribution in [3.63, 3.8) is 0 Å². The van der Waals surface area contributed by atoms with E-state index in [0.717, 1.165) is 50.6 Å². The predicted octanol–water partition coefficient (Wildman–Crippen LogP) is 1.53. The Morgan fingerprint density at radius 2 is 2.07 bits per heavy atom. The number of amides is 1. The van der Waals surface area contributed by atoms with Crippen molar-refractivity contribution >= 4 is 23.1 Å². The molecule has 1 fully saturated rings. The van der Waals surface area contributed by atoms with Gasteiger partial charge < -0.3 is 20.7 Å². The SMILES string of the molecule is COCC1CCN(c2ccncc2NC(=O)C(C(=N)N)c2ncc(F)cn2)CC1. The molecule has 1 saturated heterocycles. The topological polar surface area (TPSA) is 130 Å². The molecule has 0 aliphatic carbocycles. The van der Waals surface area contributed by atoms with E-state index in [4.69, 9.17) is 15.9 Å². The normalized spacial score (nSPS) is 15.7. The number of amidine groups is 1. The van der Waals surface area contributed by atoms with Crippen LogP contribution in [0.5, 0.6) is 0 Å². The third-order valence-electron chi connectivity index (χ3n) is 4.89. The predicted molar refractivity (Wildman–Crippen MR) is 106 cm³/mol. The zero-order chi connectivity index (χ0) is 20.8. The maximum atomic E-state index is 13.1. The van der Waals surface area contributed by atoms with Crippen molar-refractivity contribution < 1.29 is 13.9 Å². The minimum absolute atomic E-state index is 0.0396. The van der Waals surface area contributed by atoms with Gasteiger partial charge in [-0.25, -0.2) is 14.4 Å². The van der Waals surface area contributed by atoms with Crippen LogP contribution in [-0.4, -0.2) is 53.5 Å². The summed E-state index contributed by atoms with van der Waals surface area (Å²) in [6.07, 6.45) is 7.07. The summed E-state index contributed by atoms with van der Waals surface area (Å²) in [6, 6.07) is 1.84. The molecule has 9 nitrogen and oxygen atoms in total. The monoisotopic (exact) mass is 401 g/mol. The molecule has 10 heteroatoms. The van der Waals surface area contributed by atoms with Crippen molar-refractivity contribution in [2.45, 2.75) is 18.8 Å². The van der Waals surface area contributed by atoms with E-state index in [-0.39, 0.29) is 5.82 Å². The van der Waals surface area contributed by atoms with Gasteiger partial charge in [-0.1, -0.05) is 0 Å². The summed E-state index contributed by atoms with van der Waals surface area (Å²) >= 11 is 0. The zero-order valence-electron chi connectivity index (χ0n) is 16.1. The van der Waals surface area contributed by atoms with Crippen LogP contribution in [0.2, 0.25) is 0 Å². The summed E-state index contributed by atoms with van der Waals surface area (Å²) in [5.41, 5.74) is 6.95. The third kappa shape index (κ3) is 5.02. The number of pyridine rings is 1. The van der Waals surface area contributed by atoms with Gasteiger partial charge >= 0.3 is 0 Å². The third-order valence-corrected chi connectivity index (χ3v) is 4.89. The number of hydrogen-bond donors (Lipinski definition) is 3. The summed E-state index contributed by atoms with van der Waals surface area (Å²) in [6.45, 7) is 2.40. The van der Waals surface area contributed by atoms with Gasteiger partial charge in [0.05, 0.1) is 30.0 Å². The lowest BCUT2D eigenvalue weighted by Crippen LogP contribution is -2.37. The number of hydrogen-bond acceptors (Lipinski definition) is 7. The minimum atomic E-state index is -1.23. The molecule has 2 aromatic rings. The van der Waals surface area contributed by atoms with Crippen LogP contribution in [0.3, 0.4) is 0 Å². The average molecular weight is 401 g/mol. The number of piperidine rings is 1. The highest BCUT2D eigenvalue weighted by molar-refractivity contribution is 6.11. The Morgan fingerprint density at radius 1 is 1.38 bits per heavy atom. The molecule has 0 aromatic carbocycles. The summed E-state index contributed by atoms with van der Waals surface area (Å²) < 4.78 is 18.3. The highest BCUT2D eigenvalue weighted by Crippen LogP contribution is 2.30. The molecule has 0 radical (unpaired) electrons. The quantitative estimate of drug-likeness (QED) is 0.474. The second kappa shape index (κ2) is 9.37. The first-order valence-corrected chi connectivity index (χ1v) is 9.29. The van der Waals surface area contributed by atoms with E-state index in [2.05, 4.69) is 25.2 Å². The Labute approximate surface area is 168 Å². The van der Waals surface area contributed by atoms with E-state index in [0.29, 0.717) is 11.6 Å².